The number of hydrogen-bond acceptors (Lipinski definition) is 4. The summed E-state index contributed by atoms with van der Waals surface area (Å²) in [4.78, 5) is 24.2. The zero-order valence-electron chi connectivity index (χ0n) is 12.8. The zero-order chi connectivity index (χ0) is 17.0. The molecule has 0 spiro atoms. The summed E-state index contributed by atoms with van der Waals surface area (Å²) in [5.74, 6) is -1.05. The molecule has 2 aromatic rings. The third-order valence-corrected chi connectivity index (χ3v) is 3.63. The molecule has 2 aromatic carbocycles. The molecule has 0 aromatic heterocycles. The van der Waals surface area contributed by atoms with Gasteiger partial charge < -0.3 is 15.8 Å². The molecule has 0 aliphatic heterocycles. The highest BCUT2D eigenvalue weighted by Gasteiger charge is 2.19. The molecule has 0 aliphatic rings. The van der Waals surface area contributed by atoms with E-state index in [1.807, 2.05) is 25.1 Å². The molecule has 0 aliphatic carbocycles. The fourth-order valence-electron chi connectivity index (χ4n) is 1.90. The minimum absolute atomic E-state index is 0.238. The van der Waals surface area contributed by atoms with Crippen LogP contribution >= 0.6 is 11.6 Å². The Morgan fingerprint density at radius 3 is 2.57 bits per heavy atom. The van der Waals surface area contributed by atoms with Crippen molar-refractivity contribution in [1.82, 2.24) is 0 Å². The molecular formula is C17H17ClN2O3. The first-order valence-electron chi connectivity index (χ1n) is 7.01. The first kappa shape index (κ1) is 16.8. The topological polar surface area (TPSA) is 81.4 Å². The second-order valence-corrected chi connectivity index (χ2v) is 5.50. The number of ether oxygens (including phenoxy) is 1. The van der Waals surface area contributed by atoms with Gasteiger partial charge >= 0.3 is 5.97 Å². The van der Waals surface area contributed by atoms with Crippen LogP contribution in [0, 0.1) is 6.92 Å². The standard InChI is InChI=1S/C17H17ClN2O3/c1-10-5-3-4-6-15(10)20-16(21)11(2)23-17(22)12-7-8-13(18)14(19)9-12/h3-9,11H,19H2,1-2H3,(H,20,21)/t11-/m0/s1. The number of nitrogens with one attached hydrogen (secondary N) is 1. The molecular weight excluding hydrogens is 316 g/mol. The van der Waals surface area contributed by atoms with Gasteiger partial charge in [0.15, 0.2) is 6.10 Å². The summed E-state index contributed by atoms with van der Waals surface area (Å²) in [6.45, 7) is 3.38. The van der Waals surface area contributed by atoms with Crippen molar-refractivity contribution in [1.29, 1.82) is 0 Å². The number of rotatable bonds is 4. The zero-order valence-corrected chi connectivity index (χ0v) is 13.6. The Labute approximate surface area is 139 Å². The van der Waals surface area contributed by atoms with Crippen LogP contribution in [-0.2, 0) is 9.53 Å². The molecule has 0 saturated heterocycles. The lowest BCUT2D eigenvalue weighted by atomic mass is 10.2. The van der Waals surface area contributed by atoms with E-state index in [0.717, 1.165) is 5.56 Å². The number of halogens is 1. The van der Waals surface area contributed by atoms with Gasteiger partial charge in [-0.3, -0.25) is 4.79 Å². The molecule has 0 fully saturated rings. The van der Waals surface area contributed by atoms with E-state index in [9.17, 15) is 9.59 Å². The maximum Gasteiger partial charge on any atom is 0.338 e. The Morgan fingerprint density at radius 1 is 1.22 bits per heavy atom. The molecule has 1 atom stereocenters. The number of carbonyl (C=O) groups is 2. The highest BCUT2D eigenvalue weighted by atomic mass is 35.5. The Kier molecular flexibility index (Phi) is 5.24. The summed E-state index contributed by atoms with van der Waals surface area (Å²) < 4.78 is 5.16. The third-order valence-electron chi connectivity index (χ3n) is 3.29. The number of aryl methyl sites for hydroxylation is 1. The van der Waals surface area contributed by atoms with Gasteiger partial charge in [0.25, 0.3) is 5.91 Å². The third kappa shape index (κ3) is 4.23. The molecule has 6 heteroatoms. The van der Waals surface area contributed by atoms with Crippen molar-refractivity contribution < 1.29 is 14.3 Å². The van der Waals surface area contributed by atoms with E-state index in [0.29, 0.717) is 10.7 Å². The molecule has 2 rings (SSSR count). The number of anilines is 2. The van der Waals surface area contributed by atoms with Crippen LogP contribution in [0.25, 0.3) is 0 Å². The molecule has 0 heterocycles. The molecule has 5 nitrogen and oxygen atoms in total. The smallest absolute Gasteiger partial charge is 0.338 e. The quantitative estimate of drug-likeness (QED) is 0.664. The summed E-state index contributed by atoms with van der Waals surface area (Å²) in [6, 6.07) is 11.8. The largest absolute Gasteiger partial charge is 0.449 e. The number of para-hydroxylation sites is 1. The summed E-state index contributed by atoms with van der Waals surface area (Å²) in [6.07, 6.45) is -0.945. The lowest BCUT2D eigenvalue weighted by Crippen LogP contribution is -2.30. The van der Waals surface area contributed by atoms with Crippen molar-refractivity contribution in [3.63, 3.8) is 0 Å². The lowest BCUT2D eigenvalue weighted by Gasteiger charge is -2.15. The first-order valence-corrected chi connectivity index (χ1v) is 7.39. The monoisotopic (exact) mass is 332 g/mol. The Hall–Kier alpha value is -2.53. The van der Waals surface area contributed by atoms with Gasteiger partial charge in [0.05, 0.1) is 16.3 Å². The Balaban J connectivity index is 2.01. The summed E-state index contributed by atoms with van der Waals surface area (Å²) in [7, 11) is 0. The van der Waals surface area contributed by atoms with Gasteiger partial charge in [-0.2, -0.15) is 0 Å². The Bertz CT molecular complexity index is 746. The number of nitrogens with two attached hydrogens (primary N) is 1. The van der Waals surface area contributed by atoms with Crippen molar-refractivity contribution in [2.75, 3.05) is 11.1 Å². The van der Waals surface area contributed by atoms with Crippen LogP contribution in [0.4, 0.5) is 11.4 Å². The maximum atomic E-state index is 12.1. The second-order valence-electron chi connectivity index (χ2n) is 5.09. The van der Waals surface area contributed by atoms with Gasteiger partial charge in [0, 0.05) is 5.69 Å². The minimum Gasteiger partial charge on any atom is -0.449 e. The number of nitrogen functional groups attached to an aromatic ring is 1. The van der Waals surface area contributed by atoms with E-state index in [1.54, 1.807) is 6.07 Å². The van der Waals surface area contributed by atoms with Crippen LogP contribution < -0.4 is 11.1 Å². The predicted molar refractivity (Wildman–Crippen MR) is 90.6 cm³/mol. The Morgan fingerprint density at radius 2 is 1.91 bits per heavy atom. The summed E-state index contributed by atoms with van der Waals surface area (Å²) in [5.41, 5.74) is 7.76. The number of benzene rings is 2. The SMILES string of the molecule is Cc1ccccc1NC(=O)[C@H](C)OC(=O)c1ccc(Cl)c(N)c1. The van der Waals surface area contributed by atoms with Gasteiger partial charge in [0.1, 0.15) is 0 Å². The number of carbonyl (C=O) groups excluding carboxylic acids is 2. The van der Waals surface area contributed by atoms with Crippen molar-refractivity contribution in [3.05, 3.63) is 58.6 Å². The van der Waals surface area contributed by atoms with Crippen molar-refractivity contribution in [2.24, 2.45) is 0 Å². The van der Waals surface area contributed by atoms with Crippen LogP contribution in [0.2, 0.25) is 5.02 Å². The van der Waals surface area contributed by atoms with Gasteiger partial charge in [-0.25, -0.2) is 4.79 Å². The van der Waals surface area contributed by atoms with Crippen LogP contribution in [0.3, 0.4) is 0 Å². The van der Waals surface area contributed by atoms with Gasteiger partial charge in [-0.05, 0) is 43.7 Å². The molecule has 0 bridgehead atoms. The van der Waals surface area contributed by atoms with E-state index < -0.39 is 18.0 Å². The fraction of sp³-hybridized carbons (Fsp3) is 0.176. The van der Waals surface area contributed by atoms with Crippen LogP contribution in [-0.4, -0.2) is 18.0 Å². The molecule has 3 N–H and O–H groups in total. The van der Waals surface area contributed by atoms with Crippen molar-refractivity contribution in [2.45, 2.75) is 20.0 Å². The number of amides is 1. The predicted octanol–water partition coefficient (Wildman–Crippen LogP) is 3.41. The van der Waals surface area contributed by atoms with Gasteiger partial charge in [-0.1, -0.05) is 29.8 Å². The first-order chi connectivity index (χ1) is 10.9. The van der Waals surface area contributed by atoms with Gasteiger partial charge in [0.2, 0.25) is 0 Å². The summed E-state index contributed by atoms with van der Waals surface area (Å²) in [5, 5.41) is 3.08. The van der Waals surface area contributed by atoms with E-state index >= 15 is 0 Å². The molecule has 0 unspecified atom stereocenters. The van der Waals surface area contributed by atoms with Crippen molar-refractivity contribution >= 4 is 34.9 Å². The van der Waals surface area contributed by atoms with Crippen LogP contribution in [0.15, 0.2) is 42.5 Å². The average Bonchev–Trinajstić information content (AvgIpc) is 2.52. The van der Waals surface area contributed by atoms with E-state index in [-0.39, 0.29) is 11.3 Å². The van der Waals surface area contributed by atoms with Crippen LogP contribution in [0.1, 0.15) is 22.8 Å². The molecule has 120 valence electrons. The average molecular weight is 333 g/mol. The minimum atomic E-state index is -0.945. The lowest BCUT2D eigenvalue weighted by molar-refractivity contribution is -0.123. The number of hydrogen-bond donors (Lipinski definition) is 2. The molecule has 0 radical (unpaired) electrons. The maximum absolute atomic E-state index is 12.1. The van der Waals surface area contributed by atoms with E-state index in [4.69, 9.17) is 22.1 Å². The second kappa shape index (κ2) is 7.15. The summed E-state index contributed by atoms with van der Waals surface area (Å²) >= 11 is 5.81. The normalized spacial score (nSPS) is 11.6. The highest BCUT2D eigenvalue weighted by molar-refractivity contribution is 6.33. The van der Waals surface area contributed by atoms with Gasteiger partial charge in [-0.15, -0.1) is 0 Å². The van der Waals surface area contributed by atoms with E-state index in [1.165, 1.54) is 25.1 Å². The molecule has 23 heavy (non-hydrogen) atoms. The molecule has 0 saturated carbocycles. The van der Waals surface area contributed by atoms with E-state index in [2.05, 4.69) is 5.32 Å². The number of esters is 1. The van der Waals surface area contributed by atoms with Crippen molar-refractivity contribution in [3.8, 4) is 0 Å². The van der Waals surface area contributed by atoms with Crippen LogP contribution in [0.5, 0.6) is 0 Å². The fourth-order valence-corrected chi connectivity index (χ4v) is 2.02. The highest BCUT2D eigenvalue weighted by Crippen LogP contribution is 2.20. The molecule has 1 amide bonds.